The molecule has 0 aliphatic rings. The lowest BCUT2D eigenvalue weighted by Gasteiger charge is -1.98. The maximum absolute atomic E-state index is 10.7. The van der Waals surface area contributed by atoms with Gasteiger partial charge in [-0.3, -0.25) is 0 Å². The van der Waals surface area contributed by atoms with Crippen LogP contribution in [0.15, 0.2) is 27.5 Å². The van der Waals surface area contributed by atoms with Crippen molar-refractivity contribution < 1.29 is 4.52 Å². The van der Waals surface area contributed by atoms with Gasteiger partial charge in [0.1, 0.15) is 0 Å². The maximum atomic E-state index is 10.7. The molecule has 0 amide bonds. The molecule has 0 unspecified atom stereocenters. The summed E-state index contributed by atoms with van der Waals surface area (Å²) < 4.78 is 4.85. The van der Waals surface area contributed by atoms with Gasteiger partial charge in [-0.25, -0.2) is 4.79 Å². The highest BCUT2D eigenvalue weighted by Crippen LogP contribution is 2.22. The van der Waals surface area contributed by atoms with Crippen molar-refractivity contribution in [1.82, 2.24) is 10.1 Å². The van der Waals surface area contributed by atoms with Crippen molar-refractivity contribution in [2.24, 2.45) is 0 Å². The molecule has 1 heterocycles. The van der Waals surface area contributed by atoms with Crippen LogP contribution >= 0.6 is 11.6 Å². The van der Waals surface area contributed by atoms with E-state index < -0.39 is 5.69 Å². The molecule has 1 aromatic heterocycles. The van der Waals surface area contributed by atoms with E-state index in [9.17, 15) is 4.79 Å². The second-order valence-electron chi connectivity index (χ2n) is 2.89. The molecule has 2 rings (SSSR count). The minimum Gasteiger partial charge on any atom is -0.357 e. The zero-order valence-corrected chi connectivity index (χ0v) is 8.13. The predicted octanol–water partition coefficient (Wildman–Crippen LogP) is 1.99. The van der Waals surface area contributed by atoms with Crippen LogP contribution in [-0.2, 0) is 0 Å². The first-order valence-electron chi connectivity index (χ1n) is 3.99. The maximum Gasteiger partial charge on any atom is 0.377 e. The normalized spacial score (nSPS) is 10.4. The summed E-state index contributed by atoms with van der Waals surface area (Å²) in [6, 6.07) is 5.29. The summed E-state index contributed by atoms with van der Waals surface area (Å²) in [4.78, 5) is 14.4. The van der Waals surface area contributed by atoms with Crippen molar-refractivity contribution in [3.05, 3.63) is 39.3 Å². The van der Waals surface area contributed by atoms with Gasteiger partial charge >= 0.3 is 5.69 Å². The highest BCUT2D eigenvalue weighted by atomic mass is 35.5. The minimum absolute atomic E-state index is 0.273. The van der Waals surface area contributed by atoms with E-state index in [4.69, 9.17) is 16.1 Å². The van der Waals surface area contributed by atoms with Crippen LogP contribution in [0.1, 0.15) is 5.56 Å². The standard InChI is InChI=1S/C9H7ClN2O2/c1-5-4-6(2-3-7(5)10)8-11-9(13)12-14-8/h2-4H,1H3,(H,12,13). The Bertz CT molecular complexity index is 516. The molecule has 0 fully saturated rings. The van der Waals surface area contributed by atoms with Crippen molar-refractivity contribution in [2.75, 3.05) is 0 Å². The van der Waals surface area contributed by atoms with Crippen LogP contribution in [0.2, 0.25) is 5.02 Å². The molecule has 2 aromatic rings. The van der Waals surface area contributed by atoms with Crippen LogP contribution in [0.4, 0.5) is 0 Å². The molecule has 4 nitrogen and oxygen atoms in total. The highest BCUT2D eigenvalue weighted by Gasteiger charge is 2.06. The molecule has 1 aromatic carbocycles. The molecule has 0 saturated carbocycles. The fourth-order valence-electron chi connectivity index (χ4n) is 1.13. The van der Waals surface area contributed by atoms with Crippen LogP contribution in [0.25, 0.3) is 11.5 Å². The van der Waals surface area contributed by atoms with E-state index in [1.54, 1.807) is 18.2 Å². The van der Waals surface area contributed by atoms with Gasteiger partial charge in [0.25, 0.3) is 5.89 Å². The topological polar surface area (TPSA) is 58.9 Å². The molecule has 0 spiro atoms. The van der Waals surface area contributed by atoms with Gasteiger partial charge in [0.15, 0.2) is 0 Å². The zero-order valence-electron chi connectivity index (χ0n) is 7.37. The summed E-state index contributed by atoms with van der Waals surface area (Å²) in [5, 5.41) is 2.80. The van der Waals surface area contributed by atoms with E-state index in [1.807, 2.05) is 6.92 Å². The number of aryl methyl sites for hydroxylation is 1. The Morgan fingerprint density at radius 3 is 2.86 bits per heavy atom. The smallest absolute Gasteiger partial charge is 0.357 e. The van der Waals surface area contributed by atoms with Gasteiger partial charge in [0.05, 0.1) is 0 Å². The summed E-state index contributed by atoms with van der Waals surface area (Å²) in [7, 11) is 0. The fraction of sp³-hybridized carbons (Fsp3) is 0.111. The molecular formula is C9H7ClN2O2. The lowest BCUT2D eigenvalue weighted by atomic mass is 10.1. The van der Waals surface area contributed by atoms with Crippen LogP contribution in [-0.4, -0.2) is 10.1 Å². The summed E-state index contributed by atoms with van der Waals surface area (Å²) >= 11 is 5.85. The molecule has 72 valence electrons. The van der Waals surface area contributed by atoms with E-state index in [1.165, 1.54) is 0 Å². The van der Waals surface area contributed by atoms with Crippen molar-refractivity contribution in [1.29, 1.82) is 0 Å². The number of hydrogen-bond donors (Lipinski definition) is 1. The molecular weight excluding hydrogens is 204 g/mol. The van der Waals surface area contributed by atoms with E-state index in [-0.39, 0.29) is 5.89 Å². The predicted molar refractivity (Wildman–Crippen MR) is 52.3 cm³/mol. The van der Waals surface area contributed by atoms with Gasteiger partial charge in [-0.1, -0.05) is 11.6 Å². The summed E-state index contributed by atoms with van der Waals surface area (Å²) in [6.07, 6.45) is 0. The number of rotatable bonds is 1. The van der Waals surface area contributed by atoms with Gasteiger partial charge in [0.2, 0.25) is 0 Å². The number of nitrogens with zero attached hydrogens (tertiary/aromatic N) is 1. The summed E-state index contributed by atoms with van der Waals surface area (Å²) in [5.41, 5.74) is 1.15. The molecule has 1 N–H and O–H groups in total. The largest absolute Gasteiger partial charge is 0.377 e. The quantitative estimate of drug-likeness (QED) is 0.783. The number of aromatic amines is 1. The van der Waals surface area contributed by atoms with E-state index in [0.717, 1.165) is 11.1 Å². The first-order chi connectivity index (χ1) is 6.66. The summed E-state index contributed by atoms with van der Waals surface area (Å²) in [6.45, 7) is 1.87. The van der Waals surface area contributed by atoms with Crippen LogP contribution in [0.3, 0.4) is 0 Å². The Balaban J connectivity index is 2.52. The SMILES string of the molecule is Cc1cc(-c2nc(=O)[nH]o2)ccc1Cl. The van der Waals surface area contributed by atoms with Gasteiger partial charge in [-0.2, -0.15) is 10.1 Å². The number of benzene rings is 1. The number of hydrogen-bond acceptors (Lipinski definition) is 3. The number of H-pyrrole nitrogens is 1. The Kier molecular flexibility index (Phi) is 2.13. The third kappa shape index (κ3) is 1.56. The molecule has 5 heteroatoms. The molecule has 0 aliphatic carbocycles. The van der Waals surface area contributed by atoms with E-state index in [2.05, 4.69) is 10.1 Å². The highest BCUT2D eigenvalue weighted by molar-refractivity contribution is 6.31. The fourth-order valence-corrected chi connectivity index (χ4v) is 1.25. The number of aromatic nitrogens is 2. The lowest BCUT2D eigenvalue weighted by Crippen LogP contribution is -1.99. The van der Waals surface area contributed by atoms with Crippen molar-refractivity contribution in [2.45, 2.75) is 6.92 Å². The minimum atomic E-state index is -0.493. The third-order valence-electron chi connectivity index (χ3n) is 1.84. The van der Waals surface area contributed by atoms with Gasteiger partial charge in [0, 0.05) is 10.6 Å². The Labute approximate surface area is 84.5 Å². The molecule has 0 radical (unpaired) electrons. The first kappa shape index (κ1) is 9.02. The van der Waals surface area contributed by atoms with Crippen molar-refractivity contribution in [3.8, 4) is 11.5 Å². The second kappa shape index (κ2) is 3.31. The Morgan fingerprint density at radius 1 is 1.50 bits per heavy atom. The van der Waals surface area contributed by atoms with Crippen LogP contribution in [0, 0.1) is 6.92 Å². The van der Waals surface area contributed by atoms with E-state index >= 15 is 0 Å². The average molecular weight is 211 g/mol. The van der Waals surface area contributed by atoms with Crippen molar-refractivity contribution >= 4 is 11.6 Å². The first-order valence-corrected chi connectivity index (χ1v) is 4.36. The summed E-state index contributed by atoms with van der Waals surface area (Å²) in [5.74, 6) is 0.273. The molecule has 0 bridgehead atoms. The van der Waals surface area contributed by atoms with Gasteiger partial charge in [-0.15, -0.1) is 0 Å². The number of halogens is 1. The van der Waals surface area contributed by atoms with Gasteiger partial charge in [-0.05, 0) is 30.7 Å². The van der Waals surface area contributed by atoms with Crippen molar-refractivity contribution in [3.63, 3.8) is 0 Å². The van der Waals surface area contributed by atoms with Crippen LogP contribution < -0.4 is 5.69 Å². The number of nitrogens with one attached hydrogen (secondary N) is 1. The molecule has 0 atom stereocenters. The Hall–Kier alpha value is -1.55. The molecule has 0 aliphatic heterocycles. The lowest BCUT2D eigenvalue weighted by molar-refractivity contribution is 0.424. The van der Waals surface area contributed by atoms with Gasteiger partial charge < -0.3 is 4.52 Å². The second-order valence-corrected chi connectivity index (χ2v) is 3.30. The monoisotopic (exact) mass is 210 g/mol. The van der Waals surface area contributed by atoms with E-state index in [0.29, 0.717) is 5.02 Å². The molecule has 14 heavy (non-hydrogen) atoms. The zero-order chi connectivity index (χ0) is 10.1. The Morgan fingerprint density at radius 2 is 2.29 bits per heavy atom. The third-order valence-corrected chi connectivity index (χ3v) is 2.27. The average Bonchev–Trinajstić information content (AvgIpc) is 2.57. The van der Waals surface area contributed by atoms with Crippen LogP contribution in [0.5, 0.6) is 0 Å². The molecule has 0 saturated heterocycles.